The number of carbonyl (C=O) groups is 1. The van der Waals surface area contributed by atoms with Crippen LogP contribution in [0.4, 0.5) is 0 Å². The van der Waals surface area contributed by atoms with Crippen molar-refractivity contribution >= 4 is 16.4 Å². The summed E-state index contributed by atoms with van der Waals surface area (Å²) in [6.07, 6.45) is 3.15. The van der Waals surface area contributed by atoms with E-state index < -0.39 is 10.4 Å². The molecule has 0 amide bonds. The Bertz CT molecular complexity index is 590. The number of quaternary nitrogens is 1. The first kappa shape index (κ1) is 22.3. The van der Waals surface area contributed by atoms with Crippen molar-refractivity contribution in [1.29, 1.82) is 0 Å². The minimum Gasteiger partial charge on any atom is -0.463 e. The lowest BCUT2D eigenvalue weighted by Gasteiger charge is -2.30. The molecule has 0 unspecified atom stereocenters. The zero-order chi connectivity index (χ0) is 18.6. The third-order valence-electron chi connectivity index (χ3n) is 3.02. The van der Waals surface area contributed by atoms with Crippen molar-refractivity contribution < 1.29 is 31.5 Å². The molecule has 1 rings (SSSR count). The zero-order valence-electron chi connectivity index (χ0n) is 14.1. The molecule has 0 atom stereocenters. The summed E-state index contributed by atoms with van der Waals surface area (Å²) in [4.78, 5) is 10.9. The van der Waals surface area contributed by atoms with Crippen LogP contribution in [0, 0.1) is 0 Å². The first-order valence-electron chi connectivity index (χ1n) is 7.38. The fraction of sp³-hybridized carbons (Fsp3) is 0.438. The van der Waals surface area contributed by atoms with Crippen LogP contribution in [0.2, 0.25) is 0 Å². The van der Waals surface area contributed by atoms with Gasteiger partial charge in [-0.15, -0.1) is 0 Å². The van der Waals surface area contributed by atoms with E-state index in [-0.39, 0.29) is 5.97 Å². The molecule has 0 saturated heterocycles. The Balaban J connectivity index is 0.000000922. The normalized spacial score (nSPS) is 11.2. The van der Waals surface area contributed by atoms with Gasteiger partial charge in [-0.3, -0.25) is 9.11 Å². The summed E-state index contributed by atoms with van der Waals surface area (Å²) in [5.74, 6) is -0.335. The van der Waals surface area contributed by atoms with Crippen molar-refractivity contribution in [2.45, 2.75) is 19.4 Å². The Morgan fingerprint density at radius 2 is 1.75 bits per heavy atom. The Morgan fingerprint density at radius 1 is 1.21 bits per heavy atom. The SMILES string of the molecule is C=CC(=O)OCCCC[N+](C)(C)Cc1ccccc1.O=S(=O)(O)O. The topological polar surface area (TPSA) is 101 Å². The van der Waals surface area contributed by atoms with Gasteiger partial charge in [0, 0.05) is 11.6 Å². The predicted octanol–water partition coefficient (Wildman–Crippen LogP) is 2.12. The van der Waals surface area contributed by atoms with E-state index in [0.29, 0.717) is 6.61 Å². The van der Waals surface area contributed by atoms with Crippen LogP contribution in [0.15, 0.2) is 43.0 Å². The molecule has 0 bridgehead atoms. The molecule has 1 aromatic rings. The number of benzene rings is 1. The van der Waals surface area contributed by atoms with Crippen LogP contribution in [0.25, 0.3) is 0 Å². The van der Waals surface area contributed by atoms with Gasteiger partial charge in [0.2, 0.25) is 0 Å². The van der Waals surface area contributed by atoms with Crippen molar-refractivity contribution in [1.82, 2.24) is 0 Å². The summed E-state index contributed by atoms with van der Waals surface area (Å²) in [7, 11) is -0.217. The number of hydrogen-bond donors (Lipinski definition) is 2. The Labute approximate surface area is 143 Å². The third-order valence-corrected chi connectivity index (χ3v) is 3.02. The van der Waals surface area contributed by atoms with E-state index in [9.17, 15) is 4.79 Å². The molecule has 1 aromatic carbocycles. The highest BCUT2D eigenvalue weighted by molar-refractivity contribution is 7.79. The van der Waals surface area contributed by atoms with Crippen LogP contribution in [0.1, 0.15) is 18.4 Å². The van der Waals surface area contributed by atoms with Crippen molar-refractivity contribution in [3.63, 3.8) is 0 Å². The molecule has 0 aliphatic rings. The van der Waals surface area contributed by atoms with Gasteiger partial charge in [0.1, 0.15) is 6.54 Å². The van der Waals surface area contributed by atoms with Crippen LogP contribution in [-0.2, 0) is 26.5 Å². The third kappa shape index (κ3) is 15.2. The predicted molar refractivity (Wildman–Crippen MR) is 91.7 cm³/mol. The van der Waals surface area contributed by atoms with Crippen molar-refractivity contribution in [2.75, 3.05) is 27.2 Å². The summed E-state index contributed by atoms with van der Waals surface area (Å²) in [5, 5.41) is 0. The van der Waals surface area contributed by atoms with Crippen molar-refractivity contribution in [3.8, 4) is 0 Å². The van der Waals surface area contributed by atoms with Gasteiger partial charge < -0.3 is 9.22 Å². The molecule has 2 N–H and O–H groups in total. The molecule has 0 heterocycles. The lowest BCUT2D eigenvalue weighted by Crippen LogP contribution is -2.39. The maximum absolute atomic E-state index is 10.9. The average Bonchev–Trinajstić information content (AvgIpc) is 2.45. The second-order valence-corrected chi connectivity index (χ2v) is 6.73. The first-order chi connectivity index (χ1) is 11.0. The lowest BCUT2D eigenvalue weighted by atomic mass is 10.2. The van der Waals surface area contributed by atoms with Crippen LogP contribution < -0.4 is 0 Å². The highest BCUT2D eigenvalue weighted by Crippen LogP contribution is 2.10. The molecule has 24 heavy (non-hydrogen) atoms. The highest BCUT2D eigenvalue weighted by atomic mass is 32.3. The molecule has 0 fully saturated rings. The second kappa shape index (κ2) is 10.9. The largest absolute Gasteiger partial charge is 0.463 e. The zero-order valence-corrected chi connectivity index (χ0v) is 14.9. The number of ether oxygens (including phenoxy) is 1. The maximum atomic E-state index is 10.9. The van der Waals surface area contributed by atoms with Crippen LogP contribution >= 0.6 is 0 Å². The van der Waals surface area contributed by atoms with Crippen molar-refractivity contribution in [3.05, 3.63) is 48.6 Å². The molecule has 0 spiro atoms. The number of unbranched alkanes of at least 4 members (excludes halogenated alkanes) is 1. The first-order valence-corrected chi connectivity index (χ1v) is 8.78. The van der Waals surface area contributed by atoms with E-state index in [2.05, 4.69) is 44.9 Å². The minimum atomic E-state index is -4.67. The summed E-state index contributed by atoms with van der Waals surface area (Å²) in [5.41, 5.74) is 1.35. The minimum absolute atomic E-state index is 0.335. The smallest absolute Gasteiger partial charge is 0.394 e. The van der Waals surface area contributed by atoms with Gasteiger partial charge in [-0.1, -0.05) is 36.9 Å². The number of hydrogen-bond acceptors (Lipinski definition) is 4. The second-order valence-electron chi connectivity index (χ2n) is 5.83. The molecule has 8 heteroatoms. The van der Waals surface area contributed by atoms with Crippen molar-refractivity contribution in [2.24, 2.45) is 0 Å². The van der Waals surface area contributed by atoms with E-state index in [1.807, 2.05) is 6.07 Å². The monoisotopic (exact) mass is 360 g/mol. The van der Waals surface area contributed by atoms with Crippen LogP contribution in [0.5, 0.6) is 0 Å². The van der Waals surface area contributed by atoms with Gasteiger partial charge in [0.25, 0.3) is 0 Å². The number of carbonyl (C=O) groups excluding carboxylic acids is 1. The summed E-state index contributed by atoms with van der Waals surface area (Å²) in [6.45, 7) is 5.94. The summed E-state index contributed by atoms with van der Waals surface area (Å²) >= 11 is 0. The van der Waals surface area contributed by atoms with E-state index in [0.717, 1.165) is 30.4 Å². The molecule has 0 aromatic heterocycles. The van der Waals surface area contributed by atoms with E-state index in [1.165, 1.54) is 11.6 Å². The molecule has 0 saturated carbocycles. The van der Waals surface area contributed by atoms with Crippen LogP contribution in [-0.4, -0.2) is 55.2 Å². The fourth-order valence-corrected chi connectivity index (χ4v) is 2.03. The highest BCUT2D eigenvalue weighted by Gasteiger charge is 2.15. The van der Waals surface area contributed by atoms with E-state index in [1.54, 1.807) is 0 Å². The summed E-state index contributed by atoms with van der Waals surface area (Å²) in [6, 6.07) is 10.5. The van der Waals surface area contributed by atoms with E-state index >= 15 is 0 Å². The molecule has 136 valence electrons. The number of rotatable bonds is 8. The molecular formula is C16H26NO6S+. The van der Waals surface area contributed by atoms with Gasteiger partial charge in [0.15, 0.2) is 0 Å². The van der Waals surface area contributed by atoms with E-state index in [4.69, 9.17) is 22.3 Å². The fourth-order valence-electron chi connectivity index (χ4n) is 2.03. The quantitative estimate of drug-likeness (QED) is 0.242. The van der Waals surface area contributed by atoms with Gasteiger partial charge in [0.05, 0.1) is 27.2 Å². The van der Waals surface area contributed by atoms with Gasteiger partial charge in [-0.25, -0.2) is 4.79 Å². The molecule has 0 aliphatic carbocycles. The number of nitrogens with zero attached hydrogens (tertiary/aromatic N) is 1. The molecule has 0 radical (unpaired) electrons. The molecule has 0 aliphatic heterocycles. The number of esters is 1. The Kier molecular flexibility index (Phi) is 10.1. The Hall–Kier alpha value is -1.74. The van der Waals surface area contributed by atoms with Gasteiger partial charge in [-0.05, 0) is 12.8 Å². The van der Waals surface area contributed by atoms with Gasteiger partial charge >= 0.3 is 16.4 Å². The average molecular weight is 360 g/mol. The standard InChI is InChI=1S/C16H24NO2.H2O4S/c1-4-16(18)19-13-9-8-12-17(2,3)14-15-10-6-5-7-11-15;1-5(2,3)4/h4-7,10-11H,1,8-9,12-14H2,2-3H3;(H2,1,2,3,4)/q+1;. The summed E-state index contributed by atoms with van der Waals surface area (Å²) < 4.78 is 37.5. The van der Waals surface area contributed by atoms with Crippen LogP contribution in [0.3, 0.4) is 0 Å². The molecular weight excluding hydrogens is 334 g/mol. The maximum Gasteiger partial charge on any atom is 0.394 e. The molecule has 7 nitrogen and oxygen atoms in total. The Morgan fingerprint density at radius 3 is 2.25 bits per heavy atom. The van der Waals surface area contributed by atoms with Gasteiger partial charge in [-0.2, -0.15) is 8.42 Å². The lowest BCUT2D eigenvalue weighted by molar-refractivity contribution is -0.903.